The van der Waals surface area contributed by atoms with E-state index in [0.29, 0.717) is 12.2 Å². The fraction of sp³-hybridized carbons (Fsp3) is 0.526. The second kappa shape index (κ2) is 8.17. The second-order valence-corrected chi connectivity index (χ2v) is 7.35. The Bertz CT molecular complexity index is 604. The molecule has 0 radical (unpaired) electrons. The summed E-state index contributed by atoms with van der Waals surface area (Å²) in [6, 6.07) is 7.77. The normalized spacial score (nSPS) is 19.0. The summed E-state index contributed by atoms with van der Waals surface area (Å²) in [5.41, 5.74) is 3.39. The number of hydrogen-bond donors (Lipinski definition) is 0. The summed E-state index contributed by atoms with van der Waals surface area (Å²) in [7, 11) is 0. The van der Waals surface area contributed by atoms with E-state index in [9.17, 15) is 4.79 Å². The molecule has 1 aliphatic heterocycles. The molecule has 1 fully saturated rings. The molecule has 0 bridgehead atoms. The number of rotatable bonds is 5. The van der Waals surface area contributed by atoms with Gasteiger partial charge in [0.15, 0.2) is 0 Å². The lowest BCUT2D eigenvalue weighted by Crippen LogP contribution is -2.46. The van der Waals surface area contributed by atoms with Crippen LogP contribution in [0.4, 0.5) is 5.69 Å². The van der Waals surface area contributed by atoms with Gasteiger partial charge in [-0.25, -0.2) is 4.79 Å². The molecule has 1 aromatic rings. The summed E-state index contributed by atoms with van der Waals surface area (Å²) in [5.74, 6) is -0.246. The average Bonchev–Trinajstić information content (AvgIpc) is 3.01. The summed E-state index contributed by atoms with van der Waals surface area (Å²) in [6.07, 6.45) is 3.75. The molecular formula is C19H25BrN2O2. The Morgan fingerprint density at radius 1 is 1.12 bits per heavy atom. The first-order valence-corrected chi connectivity index (χ1v) is 9.57. The number of benzene rings is 1. The summed E-state index contributed by atoms with van der Waals surface area (Å²) in [5, 5.41) is 0. The van der Waals surface area contributed by atoms with Gasteiger partial charge in [-0.05, 0) is 60.5 Å². The molecule has 1 heterocycles. The number of nitrogens with zero attached hydrogens (tertiary/aromatic N) is 2. The van der Waals surface area contributed by atoms with Crippen LogP contribution in [-0.2, 0) is 4.74 Å². The first-order valence-electron chi connectivity index (χ1n) is 8.78. The Kier molecular flexibility index (Phi) is 5.95. The van der Waals surface area contributed by atoms with Crippen molar-refractivity contribution in [3.63, 3.8) is 0 Å². The molecule has 1 saturated heterocycles. The molecule has 0 unspecified atom stereocenters. The third kappa shape index (κ3) is 4.19. The van der Waals surface area contributed by atoms with Crippen LogP contribution < -0.4 is 4.90 Å². The largest absolute Gasteiger partial charge is 0.462 e. The molecule has 0 spiro atoms. The van der Waals surface area contributed by atoms with Crippen LogP contribution in [0.15, 0.2) is 34.3 Å². The predicted molar refractivity (Wildman–Crippen MR) is 101 cm³/mol. The van der Waals surface area contributed by atoms with Crippen molar-refractivity contribution in [3.05, 3.63) is 39.9 Å². The van der Waals surface area contributed by atoms with Crippen molar-refractivity contribution in [2.75, 3.05) is 44.2 Å². The molecule has 5 heteroatoms. The molecule has 0 atom stereocenters. The third-order valence-corrected chi connectivity index (χ3v) is 5.75. The number of halogens is 1. The van der Waals surface area contributed by atoms with Crippen LogP contribution in [0.3, 0.4) is 0 Å². The van der Waals surface area contributed by atoms with E-state index in [4.69, 9.17) is 4.74 Å². The Morgan fingerprint density at radius 2 is 1.83 bits per heavy atom. The molecule has 2 aliphatic rings. The molecule has 130 valence electrons. The van der Waals surface area contributed by atoms with Gasteiger partial charge in [0, 0.05) is 38.4 Å². The first-order chi connectivity index (χ1) is 11.7. The zero-order valence-corrected chi connectivity index (χ0v) is 15.8. The van der Waals surface area contributed by atoms with E-state index in [1.165, 1.54) is 29.4 Å². The van der Waals surface area contributed by atoms with E-state index >= 15 is 0 Å². The molecule has 4 nitrogen and oxygen atoms in total. The van der Waals surface area contributed by atoms with Gasteiger partial charge in [-0.15, -0.1) is 0 Å². The number of ether oxygens (including phenoxy) is 1. The molecule has 1 aliphatic carbocycles. The molecular weight excluding hydrogens is 368 g/mol. The van der Waals surface area contributed by atoms with Gasteiger partial charge in [-0.2, -0.15) is 0 Å². The maximum atomic E-state index is 11.7. The number of esters is 1. The van der Waals surface area contributed by atoms with Crippen LogP contribution in [0.5, 0.6) is 0 Å². The van der Waals surface area contributed by atoms with Gasteiger partial charge in [0.25, 0.3) is 0 Å². The highest BCUT2D eigenvalue weighted by molar-refractivity contribution is 9.11. The molecule has 24 heavy (non-hydrogen) atoms. The number of carbonyl (C=O) groups is 1. The molecule has 1 aromatic carbocycles. The Morgan fingerprint density at radius 3 is 2.42 bits per heavy atom. The Labute approximate surface area is 152 Å². The number of anilines is 1. The first kappa shape index (κ1) is 17.5. The van der Waals surface area contributed by atoms with Crippen molar-refractivity contribution in [1.29, 1.82) is 0 Å². The van der Waals surface area contributed by atoms with E-state index in [1.54, 1.807) is 5.57 Å². The molecule has 0 amide bonds. The fourth-order valence-electron chi connectivity index (χ4n) is 3.39. The smallest absolute Gasteiger partial charge is 0.338 e. The topological polar surface area (TPSA) is 32.8 Å². The zero-order valence-electron chi connectivity index (χ0n) is 14.3. The maximum Gasteiger partial charge on any atom is 0.338 e. The van der Waals surface area contributed by atoms with E-state index in [2.05, 4.69) is 25.7 Å². The van der Waals surface area contributed by atoms with Gasteiger partial charge in [0.2, 0.25) is 0 Å². The highest BCUT2D eigenvalue weighted by Gasteiger charge is 2.21. The van der Waals surface area contributed by atoms with Crippen molar-refractivity contribution < 1.29 is 9.53 Å². The van der Waals surface area contributed by atoms with Crippen molar-refractivity contribution in [2.24, 2.45) is 0 Å². The van der Waals surface area contributed by atoms with Crippen LogP contribution in [-0.4, -0.2) is 50.2 Å². The minimum atomic E-state index is -0.246. The lowest BCUT2D eigenvalue weighted by Gasteiger charge is -2.36. The van der Waals surface area contributed by atoms with Gasteiger partial charge in [-0.1, -0.05) is 15.9 Å². The summed E-state index contributed by atoms with van der Waals surface area (Å²) >= 11 is 3.71. The molecule has 0 saturated carbocycles. The summed E-state index contributed by atoms with van der Waals surface area (Å²) in [6.45, 7) is 7.58. The van der Waals surface area contributed by atoms with Crippen molar-refractivity contribution in [3.8, 4) is 0 Å². The zero-order chi connectivity index (χ0) is 16.9. The Balaban J connectivity index is 1.53. The van der Waals surface area contributed by atoms with E-state index in [-0.39, 0.29) is 5.97 Å². The highest BCUT2D eigenvalue weighted by Crippen LogP contribution is 2.31. The van der Waals surface area contributed by atoms with Gasteiger partial charge in [-0.3, -0.25) is 4.90 Å². The summed E-state index contributed by atoms with van der Waals surface area (Å²) < 4.78 is 6.46. The average molecular weight is 393 g/mol. The number of carbonyl (C=O) groups excluding carboxylic acids is 1. The van der Waals surface area contributed by atoms with Crippen LogP contribution in [0.1, 0.15) is 36.5 Å². The predicted octanol–water partition coefficient (Wildman–Crippen LogP) is 3.82. The standard InChI is InChI=1S/C19H25BrN2O2/c1-2-24-19(23)15-6-8-17(9-7-15)22-12-10-21(11-13-22)14-16-4-3-5-18(16)20/h6-9H,2-5,10-14H2,1H3. The maximum absolute atomic E-state index is 11.7. The fourth-order valence-corrected chi connectivity index (χ4v) is 4.00. The van der Waals surface area contributed by atoms with Crippen LogP contribution in [0, 0.1) is 0 Å². The minimum Gasteiger partial charge on any atom is -0.462 e. The highest BCUT2D eigenvalue weighted by atomic mass is 79.9. The monoisotopic (exact) mass is 392 g/mol. The van der Waals surface area contributed by atoms with Gasteiger partial charge >= 0.3 is 5.97 Å². The van der Waals surface area contributed by atoms with Gasteiger partial charge in [0.1, 0.15) is 0 Å². The van der Waals surface area contributed by atoms with Crippen LogP contribution >= 0.6 is 15.9 Å². The van der Waals surface area contributed by atoms with Gasteiger partial charge in [0.05, 0.1) is 12.2 Å². The lowest BCUT2D eigenvalue weighted by molar-refractivity contribution is 0.0526. The summed E-state index contributed by atoms with van der Waals surface area (Å²) in [4.78, 5) is 16.7. The van der Waals surface area contributed by atoms with Gasteiger partial charge < -0.3 is 9.64 Å². The number of piperazine rings is 1. The van der Waals surface area contributed by atoms with Crippen molar-refractivity contribution >= 4 is 27.6 Å². The number of allylic oxidation sites excluding steroid dienone is 1. The van der Waals surface area contributed by atoms with E-state index in [0.717, 1.165) is 32.7 Å². The lowest BCUT2D eigenvalue weighted by atomic mass is 10.1. The molecule has 0 aromatic heterocycles. The second-order valence-electron chi connectivity index (χ2n) is 6.39. The molecule has 3 rings (SSSR count). The minimum absolute atomic E-state index is 0.246. The van der Waals surface area contributed by atoms with Crippen LogP contribution in [0.25, 0.3) is 0 Å². The Hall–Kier alpha value is -1.33. The van der Waals surface area contributed by atoms with E-state index in [1.807, 2.05) is 31.2 Å². The van der Waals surface area contributed by atoms with Crippen molar-refractivity contribution in [2.45, 2.75) is 26.2 Å². The SMILES string of the molecule is CCOC(=O)c1ccc(N2CCN(CC3=C(Br)CCC3)CC2)cc1. The van der Waals surface area contributed by atoms with Crippen LogP contribution in [0.2, 0.25) is 0 Å². The van der Waals surface area contributed by atoms with E-state index < -0.39 is 0 Å². The number of hydrogen-bond acceptors (Lipinski definition) is 4. The molecule has 0 N–H and O–H groups in total. The van der Waals surface area contributed by atoms with Crippen molar-refractivity contribution in [1.82, 2.24) is 4.90 Å². The quantitative estimate of drug-likeness (QED) is 0.713. The third-order valence-electron chi connectivity index (χ3n) is 4.79.